The lowest BCUT2D eigenvalue weighted by Crippen LogP contribution is -2.36. The molecule has 0 aromatic heterocycles. The molecule has 2 unspecified atom stereocenters. The van der Waals surface area contributed by atoms with Crippen LogP contribution in [0.15, 0.2) is 30.3 Å². The molecule has 0 aliphatic carbocycles. The average molecular weight is 309 g/mol. The Morgan fingerprint density at radius 3 is 2.39 bits per heavy atom. The number of benzene rings is 1. The number of carbonyl (C=O) groups excluding carboxylic acids is 1. The molecule has 3 atom stereocenters. The molecule has 1 aliphatic heterocycles. The summed E-state index contributed by atoms with van der Waals surface area (Å²) < 4.78 is 3.88. The third-order valence-electron chi connectivity index (χ3n) is 2.77. The second-order valence-corrected chi connectivity index (χ2v) is 6.51. The lowest BCUT2D eigenvalue weighted by Gasteiger charge is -2.19. The van der Waals surface area contributed by atoms with Crippen LogP contribution in [0.3, 0.4) is 0 Å². The van der Waals surface area contributed by atoms with E-state index in [4.69, 9.17) is 39.5 Å². The van der Waals surface area contributed by atoms with Crippen LogP contribution >= 0.6 is 34.8 Å². The van der Waals surface area contributed by atoms with Crippen LogP contribution in [0.1, 0.15) is 18.5 Å². The van der Waals surface area contributed by atoms with Crippen molar-refractivity contribution in [2.24, 2.45) is 0 Å². The van der Waals surface area contributed by atoms with Gasteiger partial charge in [-0.1, -0.05) is 65.1 Å². The summed E-state index contributed by atoms with van der Waals surface area (Å²) in [6, 6.07) is 9.17. The van der Waals surface area contributed by atoms with Gasteiger partial charge in [0, 0.05) is 0 Å². The van der Waals surface area contributed by atoms with Gasteiger partial charge >= 0.3 is 0 Å². The molecule has 6 heteroatoms. The van der Waals surface area contributed by atoms with E-state index in [9.17, 15) is 4.79 Å². The van der Waals surface area contributed by atoms with Crippen molar-refractivity contribution in [1.82, 2.24) is 5.32 Å². The smallest absolute Gasteiger partial charge is 0.229 e. The average Bonchev–Trinajstić information content (AvgIpc) is 2.74. The normalized spacial score (nSPS) is 28.3. The maximum atomic E-state index is 11.6. The molecular weight excluding hydrogens is 296 g/mol. The summed E-state index contributed by atoms with van der Waals surface area (Å²) in [6.45, 7) is 1.46. The van der Waals surface area contributed by atoms with Gasteiger partial charge in [-0.2, -0.15) is 0 Å². The van der Waals surface area contributed by atoms with Crippen molar-refractivity contribution in [3.05, 3.63) is 35.9 Å². The number of hydrogen-bond donors (Lipinski definition) is 1. The van der Waals surface area contributed by atoms with Crippen LogP contribution in [0.2, 0.25) is 0 Å². The molecule has 2 rings (SSSR count). The lowest BCUT2D eigenvalue weighted by atomic mass is 10.00. The maximum Gasteiger partial charge on any atom is 0.229 e. The summed E-state index contributed by atoms with van der Waals surface area (Å²) in [4.78, 5) is 11.6. The van der Waals surface area contributed by atoms with Crippen molar-refractivity contribution in [3.63, 3.8) is 0 Å². The van der Waals surface area contributed by atoms with E-state index in [1.807, 2.05) is 30.3 Å². The topological polar surface area (TPSA) is 38.3 Å². The third-order valence-corrected chi connectivity index (χ3v) is 3.37. The van der Waals surface area contributed by atoms with Crippen LogP contribution in [0.4, 0.5) is 0 Å². The Bertz CT molecular complexity index is 433. The van der Waals surface area contributed by atoms with Crippen molar-refractivity contribution in [2.75, 3.05) is 0 Å². The molecule has 1 aliphatic rings. The summed E-state index contributed by atoms with van der Waals surface area (Å²) in [5.41, 5.74) is 0.925. The van der Waals surface area contributed by atoms with Crippen molar-refractivity contribution in [3.8, 4) is 0 Å². The van der Waals surface area contributed by atoms with Crippen molar-refractivity contribution >= 4 is 40.6 Å². The van der Waals surface area contributed by atoms with Gasteiger partial charge in [-0.15, -0.1) is 0 Å². The van der Waals surface area contributed by atoms with Gasteiger partial charge < -0.3 is 4.74 Å². The van der Waals surface area contributed by atoms with E-state index in [0.29, 0.717) is 0 Å². The first-order valence-corrected chi connectivity index (χ1v) is 6.56. The van der Waals surface area contributed by atoms with E-state index in [1.165, 1.54) is 6.92 Å². The first-order chi connectivity index (χ1) is 8.39. The maximum absolute atomic E-state index is 11.6. The Morgan fingerprint density at radius 1 is 1.28 bits per heavy atom. The molecule has 18 heavy (non-hydrogen) atoms. The van der Waals surface area contributed by atoms with Crippen molar-refractivity contribution in [2.45, 2.75) is 29.1 Å². The molecular formula is C12H12Cl3NO2. The molecule has 1 fully saturated rings. The van der Waals surface area contributed by atoms with Crippen LogP contribution in [0, 0.1) is 0 Å². The number of nitrogens with one attached hydrogen (secondary N) is 1. The molecule has 1 saturated heterocycles. The van der Waals surface area contributed by atoms with Crippen molar-refractivity contribution < 1.29 is 9.53 Å². The summed E-state index contributed by atoms with van der Waals surface area (Å²) >= 11 is 17.4. The van der Waals surface area contributed by atoms with Crippen LogP contribution in [-0.2, 0) is 9.53 Å². The fraction of sp³-hybridized carbons (Fsp3) is 0.417. The van der Waals surface area contributed by atoms with Gasteiger partial charge in [0.15, 0.2) is 12.0 Å². The fourth-order valence-corrected chi connectivity index (χ4v) is 2.29. The quantitative estimate of drug-likeness (QED) is 0.854. The van der Waals surface area contributed by atoms with Crippen LogP contribution < -0.4 is 5.32 Å². The minimum atomic E-state index is -1.61. The first kappa shape index (κ1) is 14.1. The predicted molar refractivity (Wildman–Crippen MR) is 72.0 cm³/mol. The van der Waals surface area contributed by atoms with Gasteiger partial charge in [0.1, 0.15) is 6.10 Å². The number of ketones is 1. The molecule has 3 nitrogen and oxygen atoms in total. The molecule has 0 spiro atoms. The van der Waals surface area contributed by atoms with Gasteiger partial charge in [-0.05, 0) is 12.5 Å². The van der Waals surface area contributed by atoms with Crippen LogP contribution in [0.25, 0.3) is 0 Å². The van der Waals surface area contributed by atoms with Crippen molar-refractivity contribution in [1.29, 1.82) is 0 Å². The fourth-order valence-electron chi connectivity index (χ4n) is 1.95. The summed E-state index contributed by atoms with van der Waals surface area (Å²) in [6.07, 6.45) is -1.45. The van der Waals surface area contributed by atoms with Gasteiger partial charge in [0.2, 0.25) is 3.79 Å². The Labute approximate surface area is 120 Å². The molecule has 98 valence electrons. The Morgan fingerprint density at radius 2 is 1.89 bits per heavy atom. The number of hydrogen-bond acceptors (Lipinski definition) is 3. The number of Topliss-reactive ketones (excluding diaryl/α,β-unsaturated/α-hetero) is 1. The number of ether oxygens (including phenoxy) is 1. The van der Waals surface area contributed by atoms with E-state index in [1.54, 1.807) is 0 Å². The molecule has 0 radical (unpaired) electrons. The third kappa shape index (κ3) is 2.98. The summed E-state index contributed by atoms with van der Waals surface area (Å²) in [5.74, 6) is -0.104. The molecule has 1 N–H and O–H groups in total. The van der Waals surface area contributed by atoms with E-state index < -0.39 is 16.1 Å². The van der Waals surface area contributed by atoms with E-state index in [0.717, 1.165) is 5.56 Å². The highest BCUT2D eigenvalue weighted by Crippen LogP contribution is 2.38. The Kier molecular flexibility index (Phi) is 4.19. The highest BCUT2D eigenvalue weighted by Gasteiger charge is 2.46. The highest BCUT2D eigenvalue weighted by molar-refractivity contribution is 6.68. The monoisotopic (exact) mass is 307 g/mol. The zero-order valence-corrected chi connectivity index (χ0v) is 11.8. The standard InChI is InChI=1S/C12H12Cl3NO2/c1-7(17)10-9(8-5-3-2-4-6-8)16-11(18-10)12(13,14)15/h2-6,9-11,16H,1H3/t9?,10-,11?/m0/s1. The number of halogens is 3. The molecule has 1 aromatic rings. The molecule has 1 aromatic carbocycles. The Hall–Kier alpha value is -0.320. The van der Waals surface area contributed by atoms with Gasteiger partial charge in [0.25, 0.3) is 0 Å². The minimum Gasteiger partial charge on any atom is -0.346 e. The summed E-state index contributed by atoms with van der Waals surface area (Å²) in [7, 11) is 0. The Balaban J connectivity index is 2.26. The number of carbonyl (C=O) groups is 1. The zero-order valence-electron chi connectivity index (χ0n) is 9.57. The van der Waals surface area contributed by atoms with E-state index in [2.05, 4.69) is 5.32 Å². The summed E-state index contributed by atoms with van der Waals surface area (Å²) in [5, 5.41) is 3.04. The van der Waals surface area contributed by atoms with E-state index >= 15 is 0 Å². The second-order valence-electron chi connectivity index (χ2n) is 4.14. The van der Waals surface area contributed by atoms with Crippen LogP contribution in [-0.4, -0.2) is 21.9 Å². The second kappa shape index (κ2) is 5.35. The number of alkyl halides is 3. The minimum absolute atomic E-state index is 0.104. The highest BCUT2D eigenvalue weighted by atomic mass is 35.6. The van der Waals surface area contributed by atoms with Gasteiger partial charge in [-0.3, -0.25) is 10.1 Å². The van der Waals surface area contributed by atoms with E-state index in [-0.39, 0.29) is 11.8 Å². The lowest BCUT2D eigenvalue weighted by molar-refractivity contribution is -0.128. The molecule has 0 bridgehead atoms. The largest absolute Gasteiger partial charge is 0.346 e. The first-order valence-electron chi connectivity index (χ1n) is 5.43. The molecule has 0 saturated carbocycles. The van der Waals surface area contributed by atoms with Gasteiger partial charge in [0.05, 0.1) is 6.04 Å². The predicted octanol–water partition coefficient (Wildman–Crippen LogP) is 3.00. The number of rotatable bonds is 2. The van der Waals surface area contributed by atoms with Crippen LogP contribution in [0.5, 0.6) is 0 Å². The SMILES string of the molecule is CC(=O)[C@@H]1OC(C(Cl)(Cl)Cl)NC1c1ccccc1. The molecule has 1 heterocycles. The molecule has 0 amide bonds. The zero-order chi connectivity index (χ0) is 13.3. The van der Waals surface area contributed by atoms with Gasteiger partial charge in [-0.25, -0.2) is 0 Å².